The molecule has 108 valence electrons. The first-order valence-electron chi connectivity index (χ1n) is 5.78. The number of nitrogens with zero attached hydrogens (tertiary/aromatic N) is 1. The Morgan fingerprint density at radius 1 is 1.30 bits per heavy atom. The number of ether oxygens (including phenoxy) is 2. The van der Waals surface area contributed by atoms with Gasteiger partial charge < -0.3 is 9.47 Å². The van der Waals surface area contributed by atoms with Crippen LogP contribution in [0.15, 0.2) is 29.2 Å². The van der Waals surface area contributed by atoms with Gasteiger partial charge in [-0.25, -0.2) is 13.6 Å². The van der Waals surface area contributed by atoms with Gasteiger partial charge in [-0.15, -0.1) is 0 Å². The first-order valence-corrected chi connectivity index (χ1v) is 7.32. The normalized spacial score (nSPS) is 12.8. The molecule has 0 radical (unpaired) electrons. The Hall–Kier alpha value is -2.06. The summed E-state index contributed by atoms with van der Waals surface area (Å²) in [6.07, 6.45) is 0. The van der Waals surface area contributed by atoms with Crippen LogP contribution in [0, 0.1) is 13.8 Å². The second-order valence-corrected chi connectivity index (χ2v) is 5.76. The van der Waals surface area contributed by atoms with Gasteiger partial charge in [-0.05, 0) is 32.0 Å². The number of primary sulfonamides is 1. The van der Waals surface area contributed by atoms with Crippen molar-refractivity contribution in [3.8, 4) is 11.5 Å². The van der Waals surface area contributed by atoms with E-state index in [0.29, 0.717) is 5.75 Å². The van der Waals surface area contributed by atoms with Crippen molar-refractivity contribution in [3.63, 3.8) is 0 Å². The van der Waals surface area contributed by atoms with Crippen molar-refractivity contribution in [1.82, 2.24) is 10.2 Å². The van der Waals surface area contributed by atoms with Crippen LogP contribution in [-0.4, -0.2) is 25.4 Å². The molecule has 2 aromatic rings. The molecule has 0 bridgehead atoms. The second kappa shape index (κ2) is 5.51. The van der Waals surface area contributed by atoms with Crippen LogP contribution < -0.4 is 14.6 Å². The van der Waals surface area contributed by atoms with Crippen molar-refractivity contribution in [2.24, 2.45) is 5.14 Å². The zero-order valence-electron chi connectivity index (χ0n) is 11.1. The fourth-order valence-electron chi connectivity index (χ4n) is 1.68. The minimum Gasteiger partial charge on any atom is -0.454 e. The number of aryl methyl sites for hydroxylation is 2. The Labute approximate surface area is 116 Å². The number of hydrogen-bond donors (Lipinski definition) is 2. The summed E-state index contributed by atoms with van der Waals surface area (Å²) in [5.74, 6) is 0.608. The highest BCUT2D eigenvalue weighted by Gasteiger charge is 2.23. The Bertz CT molecular complexity index is 693. The first-order chi connectivity index (χ1) is 9.38. The molecule has 0 saturated heterocycles. The highest BCUT2D eigenvalue weighted by atomic mass is 32.2. The van der Waals surface area contributed by atoms with Crippen LogP contribution in [-0.2, 0) is 10.0 Å². The third kappa shape index (κ3) is 3.28. The summed E-state index contributed by atoms with van der Waals surface area (Å²) in [6.45, 7) is 3.98. The van der Waals surface area contributed by atoms with Gasteiger partial charge in [0.1, 0.15) is 4.90 Å². The molecule has 3 N–H and O–H groups in total. The number of H-pyrrole nitrogens is 1. The van der Waals surface area contributed by atoms with Crippen molar-refractivity contribution < 1.29 is 17.9 Å². The van der Waals surface area contributed by atoms with Gasteiger partial charge in [-0.2, -0.15) is 5.10 Å². The first kappa shape index (κ1) is 14.4. The smallest absolute Gasteiger partial charge is 0.241 e. The summed E-state index contributed by atoms with van der Waals surface area (Å²) < 4.78 is 32.0. The summed E-state index contributed by atoms with van der Waals surface area (Å²) in [5.41, 5.74) is 2.18. The van der Waals surface area contributed by atoms with E-state index >= 15 is 0 Å². The third-order valence-corrected chi connectivity index (χ3v) is 3.44. The van der Waals surface area contributed by atoms with E-state index in [0.717, 1.165) is 11.4 Å². The maximum Gasteiger partial charge on any atom is 0.241 e. The number of hydrogen-bond acceptors (Lipinski definition) is 5. The zero-order valence-corrected chi connectivity index (χ0v) is 11.9. The second-order valence-electron chi connectivity index (χ2n) is 4.23. The van der Waals surface area contributed by atoms with E-state index in [4.69, 9.17) is 14.6 Å². The van der Waals surface area contributed by atoms with Crippen LogP contribution >= 0.6 is 0 Å². The summed E-state index contributed by atoms with van der Waals surface area (Å²) >= 11 is 0. The molecule has 0 amide bonds. The average Bonchev–Trinajstić information content (AvgIpc) is 2.96. The molecule has 0 aliphatic carbocycles. The van der Waals surface area contributed by atoms with Gasteiger partial charge in [0.15, 0.2) is 11.5 Å². The van der Waals surface area contributed by atoms with E-state index < -0.39 is 10.0 Å². The fraction of sp³-hybridized carbons (Fsp3) is 0.250. The molecule has 1 aromatic carbocycles. The van der Waals surface area contributed by atoms with Gasteiger partial charge in [0.2, 0.25) is 16.8 Å². The molecule has 1 aliphatic rings. The fourth-order valence-corrected chi connectivity index (χ4v) is 2.37. The van der Waals surface area contributed by atoms with Crippen LogP contribution in [0.25, 0.3) is 0 Å². The van der Waals surface area contributed by atoms with E-state index in [2.05, 4.69) is 10.2 Å². The number of rotatable bonds is 1. The van der Waals surface area contributed by atoms with Gasteiger partial charge in [-0.3, -0.25) is 5.10 Å². The number of aromatic amines is 1. The van der Waals surface area contributed by atoms with Gasteiger partial charge in [0.25, 0.3) is 0 Å². The number of para-hydroxylation sites is 1. The van der Waals surface area contributed by atoms with Crippen LogP contribution in [0.1, 0.15) is 11.4 Å². The summed E-state index contributed by atoms with van der Waals surface area (Å²) in [6, 6.07) is 6.55. The largest absolute Gasteiger partial charge is 0.454 e. The quantitative estimate of drug-likeness (QED) is 0.819. The van der Waals surface area contributed by atoms with Gasteiger partial charge >= 0.3 is 0 Å². The molecule has 7 nitrogen and oxygen atoms in total. The van der Waals surface area contributed by atoms with Crippen LogP contribution in [0.2, 0.25) is 0 Å². The van der Waals surface area contributed by atoms with E-state index in [1.165, 1.54) is 6.07 Å². The highest BCUT2D eigenvalue weighted by Crippen LogP contribution is 2.37. The number of sulfonamides is 1. The third-order valence-electron chi connectivity index (χ3n) is 2.50. The molecule has 1 aliphatic heterocycles. The lowest BCUT2D eigenvalue weighted by atomic mass is 10.3. The lowest BCUT2D eigenvalue weighted by Gasteiger charge is -2.01. The number of fused-ring (bicyclic) bond motifs is 1. The van der Waals surface area contributed by atoms with Crippen LogP contribution in [0.4, 0.5) is 0 Å². The monoisotopic (exact) mass is 297 g/mol. The predicted molar refractivity (Wildman–Crippen MR) is 72.0 cm³/mol. The Balaban J connectivity index is 0.000000178. The molecule has 2 heterocycles. The van der Waals surface area contributed by atoms with Crippen molar-refractivity contribution in [1.29, 1.82) is 0 Å². The maximum atomic E-state index is 11.0. The maximum absolute atomic E-state index is 11.0. The lowest BCUT2D eigenvalue weighted by molar-refractivity contribution is 0.172. The number of nitrogens with two attached hydrogens (primary N) is 1. The highest BCUT2D eigenvalue weighted by molar-refractivity contribution is 7.89. The average molecular weight is 297 g/mol. The molecular formula is C12H15N3O4S. The van der Waals surface area contributed by atoms with Crippen molar-refractivity contribution in [2.75, 3.05) is 6.79 Å². The van der Waals surface area contributed by atoms with Crippen molar-refractivity contribution in [3.05, 3.63) is 35.7 Å². The van der Waals surface area contributed by atoms with Crippen molar-refractivity contribution in [2.45, 2.75) is 18.7 Å². The molecule has 3 rings (SSSR count). The SMILES string of the molecule is Cc1cc(C)[nH]n1.NS(=O)(=O)c1cccc2c1OCO2. The van der Waals surface area contributed by atoms with E-state index in [1.54, 1.807) is 12.1 Å². The Morgan fingerprint density at radius 3 is 2.55 bits per heavy atom. The number of nitrogens with one attached hydrogen (secondary N) is 1. The summed E-state index contributed by atoms with van der Waals surface area (Å²) in [5, 5.41) is 11.7. The topological polar surface area (TPSA) is 107 Å². The van der Waals surface area contributed by atoms with Gasteiger partial charge in [0, 0.05) is 5.69 Å². The Morgan fingerprint density at radius 2 is 2.05 bits per heavy atom. The molecule has 1 aromatic heterocycles. The lowest BCUT2D eigenvalue weighted by Crippen LogP contribution is -2.12. The zero-order chi connectivity index (χ0) is 14.8. The predicted octanol–water partition coefficient (Wildman–Crippen LogP) is 1.09. The van der Waals surface area contributed by atoms with E-state index in [-0.39, 0.29) is 17.4 Å². The van der Waals surface area contributed by atoms with Gasteiger partial charge in [-0.1, -0.05) is 6.07 Å². The summed E-state index contributed by atoms with van der Waals surface area (Å²) in [4.78, 5) is -0.0394. The minimum absolute atomic E-state index is 0.0296. The standard InChI is InChI=1S/C7H7NO4S.C5H8N2/c8-13(9,10)6-3-1-2-5-7(6)12-4-11-5;1-4-3-5(2)7-6-4/h1-3H,4H2,(H2,8,9,10);3H,1-2H3,(H,6,7). The van der Waals surface area contributed by atoms with E-state index in [9.17, 15) is 8.42 Å². The molecule has 0 saturated carbocycles. The molecule has 20 heavy (non-hydrogen) atoms. The van der Waals surface area contributed by atoms with E-state index in [1.807, 2.05) is 19.9 Å². The molecule has 0 fully saturated rings. The van der Waals surface area contributed by atoms with Gasteiger partial charge in [0.05, 0.1) is 5.69 Å². The molecular weight excluding hydrogens is 282 g/mol. The van der Waals surface area contributed by atoms with Crippen LogP contribution in [0.5, 0.6) is 11.5 Å². The molecule has 8 heteroatoms. The molecule has 0 spiro atoms. The Kier molecular flexibility index (Phi) is 3.96. The number of benzene rings is 1. The van der Waals surface area contributed by atoms with Crippen LogP contribution in [0.3, 0.4) is 0 Å². The number of aromatic nitrogens is 2. The molecule has 0 unspecified atom stereocenters. The van der Waals surface area contributed by atoms with Crippen molar-refractivity contribution >= 4 is 10.0 Å². The minimum atomic E-state index is -3.73. The molecule has 0 atom stereocenters. The summed E-state index contributed by atoms with van der Waals surface area (Å²) in [7, 11) is -3.73.